The molecule has 0 aliphatic heterocycles. The monoisotopic (exact) mass is 289 g/mol. The largest absolute Gasteiger partial charge is 0.507 e. The average Bonchev–Trinajstić information content (AvgIpc) is 2.56. The SMILES string of the molecule is Oc1ccccc1C=Nc1cc(-c2ccccc2)ccc1O. The molecule has 0 aliphatic carbocycles. The first-order valence-corrected chi connectivity index (χ1v) is 6.94. The van der Waals surface area contributed by atoms with Crippen molar-refractivity contribution in [3.63, 3.8) is 0 Å². The Balaban J connectivity index is 1.96. The van der Waals surface area contributed by atoms with Crippen LogP contribution in [0.5, 0.6) is 11.5 Å². The van der Waals surface area contributed by atoms with Gasteiger partial charge in [-0.3, -0.25) is 4.99 Å². The molecule has 0 aliphatic rings. The maximum Gasteiger partial charge on any atom is 0.141 e. The Kier molecular flexibility index (Phi) is 3.88. The first kappa shape index (κ1) is 13.9. The highest BCUT2D eigenvalue weighted by molar-refractivity contribution is 5.86. The van der Waals surface area contributed by atoms with Gasteiger partial charge in [0, 0.05) is 11.8 Å². The van der Waals surface area contributed by atoms with E-state index < -0.39 is 0 Å². The van der Waals surface area contributed by atoms with E-state index >= 15 is 0 Å². The number of hydrogen-bond donors (Lipinski definition) is 2. The molecule has 0 saturated carbocycles. The number of hydrogen-bond acceptors (Lipinski definition) is 3. The molecule has 0 spiro atoms. The Hall–Kier alpha value is -3.07. The van der Waals surface area contributed by atoms with Crippen molar-refractivity contribution < 1.29 is 10.2 Å². The van der Waals surface area contributed by atoms with Crippen LogP contribution < -0.4 is 0 Å². The molecule has 22 heavy (non-hydrogen) atoms. The zero-order valence-corrected chi connectivity index (χ0v) is 11.8. The number of benzene rings is 3. The molecule has 0 fully saturated rings. The van der Waals surface area contributed by atoms with Crippen molar-refractivity contribution in [1.82, 2.24) is 0 Å². The lowest BCUT2D eigenvalue weighted by atomic mass is 10.0. The van der Waals surface area contributed by atoms with Gasteiger partial charge in [0.05, 0.1) is 0 Å². The number of rotatable bonds is 3. The Bertz CT molecular complexity index is 811. The number of phenolic OH excluding ortho intramolecular Hbond substituents is 2. The summed E-state index contributed by atoms with van der Waals surface area (Å²) in [4.78, 5) is 4.29. The average molecular weight is 289 g/mol. The summed E-state index contributed by atoms with van der Waals surface area (Å²) in [5, 5.41) is 19.7. The molecule has 0 heterocycles. The summed E-state index contributed by atoms with van der Waals surface area (Å²) in [7, 11) is 0. The predicted octanol–water partition coefficient (Wildman–Crippen LogP) is 4.52. The standard InChI is InChI=1S/C19H15NO2/c21-18-9-5-4-8-16(18)13-20-17-12-15(10-11-19(17)22)14-6-2-1-3-7-14/h1-13,21-22H. The highest BCUT2D eigenvalue weighted by Gasteiger charge is 2.03. The Morgan fingerprint density at radius 1 is 0.682 bits per heavy atom. The van der Waals surface area contributed by atoms with Crippen LogP contribution in [0.3, 0.4) is 0 Å². The summed E-state index contributed by atoms with van der Waals surface area (Å²) in [6.45, 7) is 0. The van der Waals surface area contributed by atoms with Gasteiger partial charge in [0.1, 0.15) is 17.2 Å². The molecule has 0 unspecified atom stereocenters. The third-order valence-electron chi connectivity index (χ3n) is 3.36. The van der Waals surface area contributed by atoms with Crippen LogP contribution in [0.15, 0.2) is 77.8 Å². The van der Waals surface area contributed by atoms with Crippen molar-refractivity contribution in [2.45, 2.75) is 0 Å². The second-order valence-electron chi connectivity index (χ2n) is 4.89. The van der Waals surface area contributed by atoms with Gasteiger partial charge in [0.15, 0.2) is 0 Å². The second-order valence-corrected chi connectivity index (χ2v) is 4.89. The van der Waals surface area contributed by atoms with Crippen LogP contribution in [0.25, 0.3) is 11.1 Å². The molecule has 3 nitrogen and oxygen atoms in total. The maximum atomic E-state index is 9.95. The molecule has 0 saturated heterocycles. The fourth-order valence-corrected chi connectivity index (χ4v) is 2.17. The van der Waals surface area contributed by atoms with Crippen LogP contribution in [0.2, 0.25) is 0 Å². The molecule has 3 rings (SSSR count). The second kappa shape index (κ2) is 6.14. The van der Waals surface area contributed by atoms with E-state index in [9.17, 15) is 10.2 Å². The fourth-order valence-electron chi connectivity index (χ4n) is 2.17. The normalized spacial score (nSPS) is 10.9. The summed E-state index contributed by atoms with van der Waals surface area (Å²) >= 11 is 0. The van der Waals surface area contributed by atoms with E-state index in [1.54, 1.807) is 30.5 Å². The quantitative estimate of drug-likeness (QED) is 0.697. The van der Waals surface area contributed by atoms with E-state index in [0.29, 0.717) is 11.3 Å². The number of para-hydroxylation sites is 1. The molecule has 3 aromatic rings. The first-order chi connectivity index (χ1) is 10.7. The van der Waals surface area contributed by atoms with Gasteiger partial charge >= 0.3 is 0 Å². The van der Waals surface area contributed by atoms with Crippen molar-refractivity contribution in [3.05, 3.63) is 78.4 Å². The number of aliphatic imine (C=N–C) groups is 1. The van der Waals surface area contributed by atoms with E-state index in [-0.39, 0.29) is 11.5 Å². The summed E-state index contributed by atoms with van der Waals surface area (Å²) < 4.78 is 0. The Labute approximate surface area is 128 Å². The Morgan fingerprint density at radius 3 is 2.18 bits per heavy atom. The number of nitrogens with zero attached hydrogens (tertiary/aromatic N) is 1. The highest BCUT2D eigenvalue weighted by Crippen LogP contribution is 2.32. The first-order valence-electron chi connectivity index (χ1n) is 6.94. The topological polar surface area (TPSA) is 52.8 Å². The lowest BCUT2D eigenvalue weighted by molar-refractivity contribution is 0.474. The lowest BCUT2D eigenvalue weighted by Crippen LogP contribution is -1.82. The lowest BCUT2D eigenvalue weighted by Gasteiger charge is -2.05. The molecule has 3 heteroatoms. The molecule has 0 atom stereocenters. The maximum absolute atomic E-state index is 9.95. The van der Waals surface area contributed by atoms with Crippen LogP contribution >= 0.6 is 0 Å². The third-order valence-corrected chi connectivity index (χ3v) is 3.36. The van der Waals surface area contributed by atoms with Gasteiger partial charge in [-0.2, -0.15) is 0 Å². The van der Waals surface area contributed by atoms with Gasteiger partial charge < -0.3 is 10.2 Å². The number of aromatic hydroxyl groups is 2. The van der Waals surface area contributed by atoms with Crippen LogP contribution in [0, 0.1) is 0 Å². The van der Waals surface area contributed by atoms with Gasteiger partial charge in [-0.15, -0.1) is 0 Å². The molecule has 0 radical (unpaired) electrons. The molecule has 2 N–H and O–H groups in total. The van der Waals surface area contributed by atoms with E-state index in [1.807, 2.05) is 48.5 Å². The van der Waals surface area contributed by atoms with Crippen molar-refractivity contribution in [2.24, 2.45) is 4.99 Å². The fraction of sp³-hybridized carbons (Fsp3) is 0. The molecule has 108 valence electrons. The third kappa shape index (κ3) is 2.99. The Morgan fingerprint density at radius 2 is 1.41 bits per heavy atom. The smallest absolute Gasteiger partial charge is 0.141 e. The zero-order valence-electron chi connectivity index (χ0n) is 11.8. The van der Waals surface area contributed by atoms with E-state index in [4.69, 9.17) is 0 Å². The van der Waals surface area contributed by atoms with E-state index in [0.717, 1.165) is 11.1 Å². The van der Waals surface area contributed by atoms with Crippen LogP contribution in [-0.4, -0.2) is 16.4 Å². The van der Waals surface area contributed by atoms with Crippen molar-refractivity contribution in [1.29, 1.82) is 0 Å². The highest BCUT2D eigenvalue weighted by atomic mass is 16.3. The molecular weight excluding hydrogens is 274 g/mol. The predicted molar refractivity (Wildman–Crippen MR) is 88.9 cm³/mol. The van der Waals surface area contributed by atoms with Gasteiger partial charge in [-0.25, -0.2) is 0 Å². The minimum Gasteiger partial charge on any atom is -0.507 e. The molecule has 0 bridgehead atoms. The van der Waals surface area contributed by atoms with Gasteiger partial charge in [-0.05, 0) is 35.4 Å². The van der Waals surface area contributed by atoms with Crippen molar-refractivity contribution in [3.8, 4) is 22.6 Å². The van der Waals surface area contributed by atoms with Crippen LogP contribution in [0.1, 0.15) is 5.56 Å². The van der Waals surface area contributed by atoms with Crippen molar-refractivity contribution >= 4 is 11.9 Å². The summed E-state index contributed by atoms with van der Waals surface area (Å²) in [6, 6.07) is 22.1. The summed E-state index contributed by atoms with van der Waals surface area (Å²) in [5.74, 6) is 0.260. The molecular formula is C19H15NO2. The van der Waals surface area contributed by atoms with Crippen molar-refractivity contribution in [2.75, 3.05) is 0 Å². The molecule has 3 aromatic carbocycles. The number of phenols is 2. The van der Waals surface area contributed by atoms with Gasteiger partial charge in [0.2, 0.25) is 0 Å². The van der Waals surface area contributed by atoms with E-state index in [1.165, 1.54) is 0 Å². The van der Waals surface area contributed by atoms with Crippen LogP contribution in [-0.2, 0) is 0 Å². The van der Waals surface area contributed by atoms with E-state index in [2.05, 4.69) is 4.99 Å². The minimum atomic E-state index is 0.103. The minimum absolute atomic E-state index is 0.103. The zero-order chi connectivity index (χ0) is 15.4. The molecule has 0 aromatic heterocycles. The van der Waals surface area contributed by atoms with Gasteiger partial charge in [-0.1, -0.05) is 48.5 Å². The van der Waals surface area contributed by atoms with Crippen LogP contribution in [0.4, 0.5) is 5.69 Å². The van der Waals surface area contributed by atoms with Gasteiger partial charge in [0.25, 0.3) is 0 Å². The summed E-state index contributed by atoms with van der Waals surface area (Å²) in [5.41, 5.74) is 3.10. The molecule has 0 amide bonds. The summed E-state index contributed by atoms with van der Waals surface area (Å²) in [6.07, 6.45) is 1.54.